The number of nitrogens with zero attached hydrogens (tertiary/aromatic N) is 4. The van der Waals surface area contributed by atoms with E-state index >= 15 is 0 Å². The van der Waals surface area contributed by atoms with Crippen LogP contribution in [0.5, 0.6) is 0 Å². The van der Waals surface area contributed by atoms with Crippen molar-refractivity contribution in [3.63, 3.8) is 0 Å². The van der Waals surface area contributed by atoms with Gasteiger partial charge in [0.2, 0.25) is 5.95 Å². The fourth-order valence-electron chi connectivity index (χ4n) is 5.73. The van der Waals surface area contributed by atoms with Crippen molar-refractivity contribution in [2.75, 3.05) is 0 Å². The van der Waals surface area contributed by atoms with Gasteiger partial charge in [-0.05, 0) is 47.5 Å². The smallest absolute Gasteiger partial charge is 0.237 e. The highest BCUT2D eigenvalue weighted by molar-refractivity contribution is 6.09. The number of hydrogen-bond acceptors (Lipinski definition) is 2. The van der Waals surface area contributed by atoms with Crippen LogP contribution < -0.4 is 0 Å². The van der Waals surface area contributed by atoms with Gasteiger partial charge < -0.3 is 4.57 Å². The van der Waals surface area contributed by atoms with Crippen LogP contribution >= 0.6 is 0 Å². The Morgan fingerprint density at radius 1 is 0.450 bits per heavy atom. The largest absolute Gasteiger partial charge is 0.301 e. The second-order valence-corrected chi connectivity index (χ2v) is 9.95. The molecule has 188 valence electrons. The summed E-state index contributed by atoms with van der Waals surface area (Å²) in [6.07, 6.45) is 2.09. The van der Waals surface area contributed by atoms with Crippen LogP contribution in [0.3, 0.4) is 0 Å². The maximum Gasteiger partial charge on any atom is 0.237 e. The molecule has 8 aromatic rings. The van der Waals surface area contributed by atoms with Crippen molar-refractivity contribution in [1.82, 2.24) is 19.1 Å². The van der Waals surface area contributed by atoms with E-state index in [1.807, 2.05) is 12.1 Å². The van der Waals surface area contributed by atoms with Crippen molar-refractivity contribution in [3.05, 3.63) is 146 Å². The van der Waals surface area contributed by atoms with Gasteiger partial charge in [-0.2, -0.15) is 4.98 Å². The van der Waals surface area contributed by atoms with E-state index in [0.717, 1.165) is 44.6 Å². The summed E-state index contributed by atoms with van der Waals surface area (Å²) in [4.78, 5) is 10.5. The Labute approximate surface area is 231 Å². The van der Waals surface area contributed by atoms with Crippen LogP contribution in [0.1, 0.15) is 0 Å². The number of benzene rings is 5. The number of hydrogen-bond donors (Lipinski definition) is 0. The fourth-order valence-corrected chi connectivity index (χ4v) is 5.73. The summed E-state index contributed by atoms with van der Waals surface area (Å²) in [5.41, 5.74) is 8.42. The van der Waals surface area contributed by atoms with Gasteiger partial charge in [0.05, 0.1) is 16.7 Å². The molecule has 0 aliphatic rings. The zero-order valence-corrected chi connectivity index (χ0v) is 21.6. The first kappa shape index (κ1) is 22.5. The van der Waals surface area contributed by atoms with Gasteiger partial charge in [-0.15, -0.1) is 0 Å². The predicted molar refractivity (Wildman–Crippen MR) is 164 cm³/mol. The summed E-state index contributed by atoms with van der Waals surface area (Å²) in [6.45, 7) is 0. The van der Waals surface area contributed by atoms with E-state index in [0.29, 0.717) is 5.95 Å². The average Bonchev–Trinajstić information content (AvgIpc) is 3.61. The maximum absolute atomic E-state index is 5.29. The predicted octanol–water partition coefficient (Wildman–Crippen LogP) is 8.85. The molecule has 5 aromatic carbocycles. The summed E-state index contributed by atoms with van der Waals surface area (Å²) in [5, 5.41) is 3.39. The van der Waals surface area contributed by atoms with Crippen LogP contribution in [-0.2, 0) is 0 Å². The zero-order chi connectivity index (χ0) is 26.5. The highest BCUT2D eigenvalue weighted by Crippen LogP contribution is 2.35. The van der Waals surface area contributed by atoms with Gasteiger partial charge in [0.1, 0.15) is 0 Å². The molecule has 0 fully saturated rings. The maximum atomic E-state index is 5.29. The van der Waals surface area contributed by atoms with Crippen molar-refractivity contribution >= 4 is 32.8 Å². The van der Waals surface area contributed by atoms with Crippen LogP contribution in [-0.4, -0.2) is 19.1 Å². The Balaban J connectivity index is 1.45. The first-order valence-corrected chi connectivity index (χ1v) is 13.4. The van der Waals surface area contributed by atoms with Crippen molar-refractivity contribution in [2.45, 2.75) is 0 Å². The molecule has 0 aliphatic heterocycles. The SMILES string of the molecule is c1ccc(-c2cccc(-c3nc(-n4c5ccccc5c5ccccc54)nc4c3ccn4-c3ccccc3)c2)cc1. The fraction of sp³-hybridized carbons (Fsp3) is 0. The highest BCUT2D eigenvalue weighted by atomic mass is 15.2. The first-order chi connectivity index (χ1) is 19.8. The Kier molecular flexibility index (Phi) is 5.10. The summed E-state index contributed by atoms with van der Waals surface area (Å²) in [6, 6.07) is 48.6. The van der Waals surface area contributed by atoms with Crippen LogP contribution in [0.4, 0.5) is 0 Å². The number of para-hydroxylation sites is 3. The first-order valence-electron chi connectivity index (χ1n) is 13.4. The highest BCUT2D eigenvalue weighted by Gasteiger charge is 2.19. The number of rotatable bonds is 4. The lowest BCUT2D eigenvalue weighted by Crippen LogP contribution is -2.05. The molecule has 0 N–H and O–H groups in total. The normalized spacial score (nSPS) is 11.5. The molecule has 3 aromatic heterocycles. The Morgan fingerprint density at radius 2 is 1.05 bits per heavy atom. The summed E-state index contributed by atoms with van der Waals surface area (Å²) >= 11 is 0. The van der Waals surface area contributed by atoms with E-state index in [4.69, 9.17) is 9.97 Å². The number of fused-ring (bicyclic) bond motifs is 4. The minimum absolute atomic E-state index is 0.654. The molecule has 4 heteroatoms. The summed E-state index contributed by atoms with van der Waals surface area (Å²) < 4.78 is 4.34. The quantitative estimate of drug-likeness (QED) is 0.236. The Morgan fingerprint density at radius 3 is 1.77 bits per heavy atom. The van der Waals surface area contributed by atoms with E-state index in [2.05, 4.69) is 143 Å². The molecule has 0 atom stereocenters. The second-order valence-electron chi connectivity index (χ2n) is 9.95. The van der Waals surface area contributed by atoms with Gasteiger partial charge in [0.25, 0.3) is 0 Å². The molecule has 40 heavy (non-hydrogen) atoms. The van der Waals surface area contributed by atoms with Crippen molar-refractivity contribution < 1.29 is 0 Å². The van der Waals surface area contributed by atoms with Gasteiger partial charge in [-0.3, -0.25) is 4.57 Å². The minimum atomic E-state index is 0.654. The Hall–Kier alpha value is -5.48. The molecule has 0 radical (unpaired) electrons. The van der Waals surface area contributed by atoms with E-state index in [9.17, 15) is 0 Å². The third-order valence-electron chi connectivity index (χ3n) is 7.59. The molecule has 0 bridgehead atoms. The molecular formula is C36H24N4. The van der Waals surface area contributed by atoms with Crippen LogP contribution in [0.25, 0.3) is 66.9 Å². The van der Waals surface area contributed by atoms with Gasteiger partial charge in [0.15, 0.2) is 5.65 Å². The van der Waals surface area contributed by atoms with Crippen LogP contribution in [0.2, 0.25) is 0 Å². The minimum Gasteiger partial charge on any atom is -0.301 e. The lowest BCUT2D eigenvalue weighted by molar-refractivity contribution is 0.988. The average molecular weight is 513 g/mol. The molecule has 0 amide bonds. The van der Waals surface area contributed by atoms with E-state index in [1.165, 1.54) is 16.3 Å². The monoisotopic (exact) mass is 512 g/mol. The molecule has 8 rings (SSSR count). The molecular weight excluding hydrogens is 488 g/mol. The molecule has 0 spiro atoms. The summed E-state index contributed by atoms with van der Waals surface area (Å²) in [5.74, 6) is 0.654. The topological polar surface area (TPSA) is 35.6 Å². The van der Waals surface area contributed by atoms with Crippen molar-refractivity contribution in [2.24, 2.45) is 0 Å². The van der Waals surface area contributed by atoms with Gasteiger partial charge >= 0.3 is 0 Å². The lowest BCUT2D eigenvalue weighted by Gasteiger charge is -2.12. The van der Waals surface area contributed by atoms with E-state index < -0.39 is 0 Å². The third kappa shape index (κ3) is 3.54. The second kappa shape index (κ2) is 9.07. The lowest BCUT2D eigenvalue weighted by atomic mass is 10.0. The molecule has 4 nitrogen and oxygen atoms in total. The van der Waals surface area contributed by atoms with Crippen molar-refractivity contribution in [1.29, 1.82) is 0 Å². The van der Waals surface area contributed by atoms with Gasteiger partial charge in [-0.1, -0.05) is 103 Å². The zero-order valence-electron chi connectivity index (χ0n) is 21.6. The molecule has 3 heterocycles. The molecule has 0 saturated carbocycles. The standard InChI is InChI=1S/C36H24N4/c1-3-12-25(13-4-1)26-14-11-15-27(24-26)34-31-22-23-39(28-16-5-2-6-17-28)35(31)38-36(37-34)40-32-20-9-7-18-29(32)30-19-8-10-21-33(30)40/h1-24H. The number of aromatic nitrogens is 4. The van der Waals surface area contributed by atoms with Crippen molar-refractivity contribution in [3.8, 4) is 34.0 Å². The molecule has 0 unspecified atom stereocenters. The van der Waals surface area contributed by atoms with E-state index in [1.54, 1.807) is 0 Å². The van der Waals surface area contributed by atoms with Gasteiger partial charge in [-0.25, -0.2) is 4.98 Å². The van der Waals surface area contributed by atoms with Crippen LogP contribution in [0.15, 0.2) is 146 Å². The third-order valence-corrected chi connectivity index (χ3v) is 7.59. The molecule has 0 saturated heterocycles. The van der Waals surface area contributed by atoms with Gasteiger partial charge in [0, 0.05) is 33.6 Å². The van der Waals surface area contributed by atoms with E-state index in [-0.39, 0.29) is 0 Å². The van der Waals surface area contributed by atoms with Crippen LogP contribution in [0, 0.1) is 0 Å². The molecule has 0 aliphatic carbocycles. The summed E-state index contributed by atoms with van der Waals surface area (Å²) in [7, 11) is 0. The Bertz CT molecular complexity index is 2100.